The zero-order valence-corrected chi connectivity index (χ0v) is 81.4. The fraction of sp³-hybridized carbons (Fsp3) is 0.217. The van der Waals surface area contributed by atoms with Crippen LogP contribution in [0.1, 0.15) is 122 Å². The molecule has 19 heteroatoms. The topological polar surface area (TPSA) is 131 Å². The molecule has 0 saturated carbocycles. The van der Waals surface area contributed by atoms with Crippen molar-refractivity contribution in [3.05, 3.63) is 296 Å². The summed E-state index contributed by atoms with van der Waals surface area (Å²) in [7, 11) is -0.0610. The molecule has 0 spiro atoms. The van der Waals surface area contributed by atoms with Gasteiger partial charge in [0.2, 0.25) is 0 Å². The molecule has 4 saturated heterocycles. The predicted octanol–water partition coefficient (Wildman–Crippen LogP) is 28.6. The second-order valence-corrected chi connectivity index (χ2v) is 44.0. The minimum Gasteiger partial charge on any atom is -0.496 e. The maximum Gasteiger partial charge on any atom is 0.498 e. The van der Waals surface area contributed by atoms with Crippen LogP contribution in [-0.4, -0.2) is 80.4 Å². The maximum atomic E-state index is 9.94. The van der Waals surface area contributed by atoms with Crippen molar-refractivity contribution in [2.75, 3.05) is 7.11 Å². The number of methoxy groups -OCH3 is 1. The van der Waals surface area contributed by atoms with E-state index in [1.54, 1.807) is 41.1 Å². The Kier molecular flexibility index (Phi) is 21.0. The van der Waals surface area contributed by atoms with Gasteiger partial charge in [0.15, 0.2) is 0 Å². The first-order chi connectivity index (χ1) is 64.3. The van der Waals surface area contributed by atoms with Crippen molar-refractivity contribution in [2.24, 2.45) is 0 Å². The minimum atomic E-state index is -0.513. The SMILES string of the molecule is CC1(C)OB(c2cc(C#N)cc3c2sc2c4ccccc4c4ccccc4c32)OC1(C)C.CC1(C)OB(c2ccc(-c3ccccc3)c3c2sc2ccc4ccccc4c23)OC1(C)C.CC1(C)OB(c2cccc(-c3cc(C#N)cc4sc5c6ccccc6c6ccccc6c5c34)c2)OC1(C)C.COc1c(B2OC(C)(C)C(C)(C)O2)ccc2c1sc1c3ccccc3c3ccccc3c21. The highest BCUT2D eigenvalue weighted by atomic mass is 32.1. The number of thiophene rings is 4. The summed E-state index contributed by atoms with van der Waals surface area (Å²) in [5.41, 5.74) is 6.61. The van der Waals surface area contributed by atoms with Crippen molar-refractivity contribution in [2.45, 2.75) is 156 Å². The van der Waals surface area contributed by atoms with Crippen LogP contribution in [0.25, 0.3) is 178 Å². The van der Waals surface area contributed by atoms with Gasteiger partial charge in [-0.1, -0.05) is 255 Å². The Morgan fingerprint density at radius 3 is 1.15 bits per heavy atom. The zero-order valence-electron chi connectivity index (χ0n) is 78.1. The Bertz CT molecular complexity index is 8510. The number of fused-ring (bicyclic) bond motifs is 29. The fourth-order valence-corrected chi connectivity index (χ4v) is 25.2. The first-order valence-electron chi connectivity index (χ1n) is 45.9. The Hall–Kier alpha value is -11.8. The van der Waals surface area contributed by atoms with E-state index in [4.69, 9.17) is 42.0 Å². The van der Waals surface area contributed by atoms with E-state index in [1.165, 1.54) is 148 Å². The number of rotatable bonds is 7. The van der Waals surface area contributed by atoms with Crippen LogP contribution in [0.3, 0.4) is 0 Å². The van der Waals surface area contributed by atoms with Crippen molar-refractivity contribution in [3.8, 4) is 40.1 Å². The molecule has 0 radical (unpaired) electrons. The van der Waals surface area contributed by atoms with E-state index in [-0.39, 0.29) is 18.3 Å². The first kappa shape index (κ1) is 87.5. The average Bonchev–Trinajstić information content (AvgIpc) is 1.56. The minimum absolute atomic E-state index is 0.370. The molecule has 25 rings (SSSR count). The summed E-state index contributed by atoms with van der Waals surface area (Å²) >= 11 is 7.18. The van der Waals surface area contributed by atoms with Gasteiger partial charge in [0.1, 0.15) is 5.75 Å². The van der Waals surface area contributed by atoms with Gasteiger partial charge < -0.3 is 42.0 Å². The van der Waals surface area contributed by atoms with Crippen molar-refractivity contribution in [1.29, 1.82) is 10.5 Å². The third-order valence-corrected chi connectivity index (χ3v) is 34.7. The van der Waals surface area contributed by atoms with E-state index in [9.17, 15) is 10.5 Å². The van der Waals surface area contributed by atoms with Crippen molar-refractivity contribution in [3.63, 3.8) is 0 Å². The predicted molar refractivity (Wildman–Crippen MR) is 570 cm³/mol. The smallest absolute Gasteiger partial charge is 0.496 e. The number of benzene rings is 17. The molecule has 8 heterocycles. The van der Waals surface area contributed by atoms with Crippen LogP contribution < -0.4 is 26.6 Å². The van der Waals surface area contributed by atoms with Gasteiger partial charge in [0.25, 0.3) is 0 Å². The molecule has 0 atom stereocenters. The molecule has 0 bridgehead atoms. The van der Waals surface area contributed by atoms with Gasteiger partial charge in [-0.05, 0) is 228 Å². The molecule has 17 aromatic carbocycles. The lowest BCUT2D eigenvalue weighted by Gasteiger charge is -2.32. The Morgan fingerprint density at radius 1 is 0.246 bits per heavy atom. The molecule has 0 unspecified atom stereocenters. The molecule has 134 heavy (non-hydrogen) atoms. The second-order valence-electron chi connectivity index (χ2n) is 39.8. The average molecular weight is 1820 g/mol. The van der Waals surface area contributed by atoms with Crippen LogP contribution in [0.15, 0.2) is 285 Å². The van der Waals surface area contributed by atoms with Crippen LogP contribution in [0.4, 0.5) is 0 Å². The van der Waals surface area contributed by atoms with Crippen molar-refractivity contribution >= 4 is 252 Å². The van der Waals surface area contributed by atoms with Crippen LogP contribution in [-0.2, 0) is 37.2 Å². The van der Waals surface area contributed by atoms with Crippen molar-refractivity contribution in [1.82, 2.24) is 0 Å². The van der Waals surface area contributed by atoms with E-state index in [2.05, 4.69) is 384 Å². The quantitative estimate of drug-likeness (QED) is 0.112. The van der Waals surface area contributed by atoms with E-state index in [0.717, 1.165) is 58.2 Å². The number of hydrogen-bond donors (Lipinski definition) is 0. The third-order valence-electron chi connectivity index (χ3n) is 29.8. The Balaban J connectivity index is 0.000000104. The summed E-state index contributed by atoms with van der Waals surface area (Å²) in [6.45, 7) is 33.3. The van der Waals surface area contributed by atoms with E-state index < -0.39 is 55.0 Å². The lowest BCUT2D eigenvalue weighted by molar-refractivity contribution is 0.00578. The lowest BCUT2D eigenvalue weighted by Crippen LogP contribution is -2.41. The van der Waals surface area contributed by atoms with Crippen molar-refractivity contribution < 1.29 is 42.0 Å². The second kappa shape index (κ2) is 32.2. The number of hydrogen-bond acceptors (Lipinski definition) is 15. The van der Waals surface area contributed by atoms with Crippen LogP contribution in [0.5, 0.6) is 5.75 Å². The van der Waals surface area contributed by atoms with Crippen LogP contribution >= 0.6 is 45.3 Å². The summed E-state index contributed by atoms with van der Waals surface area (Å²) in [6.07, 6.45) is 0. The zero-order chi connectivity index (χ0) is 92.8. The summed E-state index contributed by atoms with van der Waals surface area (Å²) in [5.74, 6) is 0.843. The normalized spacial score (nSPS) is 17.3. The highest BCUT2D eigenvalue weighted by molar-refractivity contribution is 7.29. The monoisotopic (exact) mass is 1820 g/mol. The first-order valence-corrected chi connectivity index (χ1v) is 49.2. The number of nitriles is 2. The van der Waals surface area contributed by atoms with Gasteiger partial charge in [-0.15, -0.1) is 45.3 Å². The molecule has 0 aliphatic carbocycles. The van der Waals surface area contributed by atoms with E-state index in [1.807, 2.05) is 35.6 Å². The number of ether oxygens (including phenoxy) is 1. The molecule has 21 aromatic rings. The highest BCUT2D eigenvalue weighted by Gasteiger charge is 2.56. The summed E-state index contributed by atoms with van der Waals surface area (Å²) in [6, 6.07) is 106. The van der Waals surface area contributed by atoms with Crippen LogP contribution in [0, 0.1) is 22.7 Å². The molecule has 11 nitrogen and oxygen atoms in total. The van der Waals surface area contributed by atoms with Crippen LogP contribution in [0.2, 0.25) is 0 Å². The Labute approximate surface area is 797 Å². The number of nitrogens with zero attached hydrogens (tertiary/aromatic N) is 2. The molecule has 0 N–H and O–H groups in total. The lowest BCUT2D eigenvalue weighted by atomic mass is 9.77. The highest BCUT2D eigenvalue weighted by Crippen LogP contribution is 2.53. The van der Waals surface area contributed by atoms with E-state index in [0.29, 0.717) is 11.1 Å². The molecule has 0 amide bonds. The van der Waals surface area contributed by atoms with Gasteiger partial charge in [0, 0.05) is 109 Å². The molecule has 4 aromatic heterocycles. The largest absolute Gasteiger partial charge is 0.498 e. The standard InChI is InChI=1S/C33H26BNO2S.C28H25BO2S.C27H22BNO2S.C27H25BO3S/c1-32(2)33(3,4)37-34(36-32)22-11-9-10-21(18-22)27-16-20(19-35)17-28-29(27)30-25-14-7-5-12-23(25)24-13-6-8-15-26(24)31(30)38-28;1-27(2)28(3,4)31-29(30-27)22-16-15-21(18-10-6-5-7-11-18)25-24-20-13-9-8-12-19(20)14-17-23(24)32-26(22)25;1-26(2)27(3,4)31-28(30-26)22-14-16(15-29)13-21-23-19-11-7-5-9-17(19)18-10-6-8-12-20(18)25(23)32-24(21)22;1-26(2)27(3,4)31-28(30-26)21-15-14-20-22-18-12-8-6-10-16(18)17-11-7-9-13-19(17)24(22)32-25(20)23(21)29-5/h5-18H,1-4H3;5-17H,1-4H3;5-14H,1-4H3;6-15H,1-5H3. The summed E-state index contributed by atoms with van der Waals surface area (Å²) in [4.78, 5) is 0. The molecule has 4 fully saturated rings. The fourth-order valence-electron chi connectivity index (χ4n) is 19.9. The van der Waals surface area contributed by atoms with E-state index >= 15 is 0 Å². The summed E-state index contributed by atoms with van der Waals surface area (Å²) in [5, 5.41) is 47.2. The molecule has 4 aliphatic heterocycles. The maximum absolute atomic E-state index is 9.94. The molecule has 4 aliphatic rings. The van der Waals surface area contributed by atoms with Gasteiger partial charge in [-0.2, -0.15) is 10.5 Å². The van der Waals surface area contributed by atoms with Gasteiger partial charge in [-0.3, -0.25) is 0 Å². The molecular formula is C115H98B4N2O9S4. The molecule has 658 valence electrons. The summed E-state index contributed by atoms with van der Waals surface area (Å²) < 4.78 is 66.9. The third kappa shape index (κ3) is 14.1. The van der Waals surface area contributed by atoms with Gasteiger partial charge in [0.05, 0.1) is 79.9 Å². The molecular weight excluding hydrogens is 1720 g/mol. The van der Waals surface area contributed by atoms with Gasteiger partial charge in [-0.25, -0.2) is 0 Å². The Morgan fingerprint density at radius 2 is 0.642 bits per heavy atom. The van der Waals surface area contributed by atoms with Gasteiger partial charge >= 0.3 is 28.5 Å².